The van der Waals surface area contributed by atoms with Crippen molar-refractivity contribution in [1.82, 2.24) is 24.0 Å². The number of hydrogen-bond acceptors (Lipinski definition) is 8. The van der Waals surface area contributed by atoms with Crippen molar-refractivity contribution in [1.29, 1.82) is 0 Å². The van der Waals surface area contributed by atoms with E-state index in [0.29, 0.717) is 50.9 Å². The number of piperidine rings is 1. The van der Waals surface area contributed by atoms with E-state index in [2.05, 4.69) is 45.0 Å². The summed E-state index contributed by atoms with van der Waals surface area (Å²) in [6.07, 6.45) is 1.63. The zero-order valence-electron chi connectivity index (χ0n) is 24.2. The van der Waals surface area contributed by atoms with Crippen LogP contribution in [0.1, 0.15) is 24.1 Å². The van der Waals surface area contributed by atoms with Gasteiger partial charge in [-0.15, -0.1) is 0 Å². The molecule has 0 saturated carbocycles. The van der Waals surface area contributed by atoms with Gasteiger partial charge in [-0.3, -0.25) is 14.4 Å². The van der Waals surface area contributed by atoms with E-state index in [4.69, 9.17) is 9.57 Å². The van der Waals surface area contributed by atoms with E-state index in [1.165, 1.54) is 10.1 Å². The maximum Gasteiger partial charge on any atom is 0.434 e. The highest BCUT2D eigenvalue weighted by Gasteiger charge is 2.31. The number of likely N-dealkylation sites (tertiary alicyclic amines) is 1. The van der Waals surface area contributed by atoms with Crippen molar-refractivity contribution in [2.75, 3.05) is 64.4 Å². The minimum atomic E-state index is -0.635. The molecule has 0 unspecified atom stereocenters. The summed E-state index contributed by atoms with van der Waals surface area (Å²) < 4.78 is 7.52. The fourth-order valence-electron chi connectivity index (χ4n) is 6.32. The van der Waals surface area contributed by atoms with Crippen LogP contribution in [0, 0.1) is 5.92 Å². The zero-order valence-corrected chi connectivity index (χ0v) is 24.2. The molecular weight excluding hydrogens is 536 g/mol. The number of rotatable bonds is 7. The second kappa shape index (κ2) is 12.5. The largest absolute Gasteiger partial charge is 0.497 e. The number of carbonyl (C=O) groups is 1. The van der Waals surface area contributed by atoms with Crippen molar-refractivity contribution in [3.05, 3.63) is 76.3 Å². The smallest absolute Gasteiger partial charge is 0.434 e. The average Bonchev–Trinajstić information content (AvgIpc) is 3.26. The third kappa shape index (κ3) is 6.12. The predicted molar refractivity (Wildman–Crippen MR) is 159 cm³/mol. The molecule has 0 bridgehead atoms. The van der Waals surface area contributed by atoms with E-state index in [-0.39, 0.29) is 5.88 Å². The lowest BCUT2D eigenvalue weighted by molar-refractivity contribution is 0.0773. The molecule has 1 aromatic heterocycles. The molecule has 0 spiro atoms. The Morgan fingerprint density at radius 3 is 2.29 bits per heavy atom. The van der Waals surface area contributed by atoms with E-state index in [1.54, 1.807) is 12.0 Å². The number of amides is 1. The summed E-state index contributed by atoms with van der Waals surface area (Å²) in [7, 11) is 1.64. The summed E-state index contributed by atoms with van der Waals surface area (Å²) in [5.74, 6) is 1.09. The first-order valence-corrected chi connectivity index (χ1v) is 14.9. The summed E-state index contributed by atoms with van der Waals surface area (Å²) in [6, 6.07) is 18.4. The van der Waals surface area contributed by atoms with E-state index in [1.807, 2.05) is 24.3 Å². The molecule has 11 heteroatoms. The molecule has 3 aromatic rings. The van der Waals surface area contributed by atoms with Crippen molar-refractivity contribution in [2.45, 2.75) is 32.5 Å². The Morgan fingerprint density at radius 1 is 0.881 bits per heavy atom. The van der Waals surface area contributed by atoms with Gasteiger partial charge < -0.3 is 24.5 Å². The van der Waals surface area contributed by atoms with Crippen molar-refractivity contribution >= 4 is 11.8 Å². The monoisotopic (exact) mass is 576 g/mol. The summed E-state index contributed by atoms with van der Waals surface area (Å²) in [5.41, 5.74) is 2.40. The average molecular weight is 577 g/mol. The molecule has 3 aliphatic heterocycles. The molecule has 3 aliphatic rings. The lowest BCUT2D eigenvalue weighted by atomic mass is 9.95. The molecule has 2 aromatic carbocycles. The van der Waals surface area contributed by atoms with Crippen LogP contribution in [0.4, 0.5) is 10.5 Å². The molecule has 1 amide bonds. The number of imidazole rings is 1. The van der Waals surface area contributed by atoms with Gasteiger partial charge in [0.1, 0.15) is 11.4 Å². The molecule has 2 fully saturated rings. The van der Waals surface area contributed by atoms with Gasteiger partial charge in [0.15, 0.2) is 0 Å². The van der Waals surface area contributed by atoms with Crippen LogP contribution in [0.5, 0.6) is 11.6 Å². The summed E-state index contributed by atoms with van der Waals surface area (Å²) in [4.78, 5) is 40.0. The van der Waals surface area contributed by atoms with Crippen LogP contribution >= 0.6 is 0 Å². The van der Waals surface area contributed by atoms with Crippen molar-refractivity contribution in [3.8, 4) is 11.6 Å². The van der Waals surface area contributed by atoms with Gasteiger partial charge in [0.2, 0.25) is 0 Å². The molecule has 6 rings (SSSR count). The minimum absolute atomic E-state index is 0.285. The Kier molecular flexibility index (Phi) is 8.38. The maximum atomic E-state index is 13.1. The number of anilines is 1. The first-order valence-electron chi connectivity index (χ1n) is 14.9. The number of aromatic nitrogens is 2. The van der Waals surface area contributed by atoms with Crippen LogP contribution in [0.2, 0.25) is 0 Å². The van der Waals surface area contributed by atoms with Gasteiger partial charge in [0.05, 0.1) is 7.11 Å². The van der Waals surface area contributed by atoms with E-state index in [9.17, 15) is 14.7 Å². The van der Waals surface area contributed by atoms with E-state index >= 15 is 0 Å². The van der Waals surface area contributed by atoms with Gasteiger partial charge in [0, 0.05) is 64.6 Å². The SMILES string of the molecule is COc1ccc(N2CCN(C(=O)On3c(O)c4n(c3=O)CCN(CC3CCN(Cc5ccccc5)CC3)C4)CC2)cc1. The number of piperazine rings is 1. The summed E-state index contributed by atoms with van der Waals surface area (Å²) in [6.45, 7) is 7.87. The molecule has 224 valence electrons. The van der Waals surface area contributed by atoms with Crippen molar-refractivity contribution < 1.29 is 19.5 Å². The van der Waals surface area contributed by atoms with Gasteiger partial charge in [-0.05, 0) is 61.7 Å². The van der Waals surface area contributed by atoms with Gasteiger partial charge in [-0.25, -0.2) is 9.59 Å². The highest BCUT2D eigenvalue weighted by Crippen LogP contribution is 2.26. The van der Waals surface area contributed by atoms with Crippen LogP contribution in [-0.2, 0) is 19.6 Å². The third-order valence-electron chi connectivity index (χ3n) is 8.81. The number of hydrogen-bond donors (Lipinski definition) is 1. The number of fused-ring (bicyclic) bond motifs is 1. The lowest BCUT2D eigenvalue weighted by Crippen LogP contribution is -2.51. The summed E-state index contributed by atoms with van der Waals surface area (Å²) >= 11 is 0. The Balaban J connectivity index is 1.00. The van der Waals surface area contributed by atoms with Crippen molar-refractivity contribution in [3.63, 3.8) is 0 Å². The first-order chi connectivity index (χ1) is 20.5. The standard InChI is InChI=1S/C31H40N6O5/c1-41-27-9-7-26(8-10-27)34-16-18-35(19-17-34)31(40)42-37-29(38)28-23-33(15-20-36(28)30(37)39)22-25-11-13-32(14-12-25)21-24-5-3-2-4-6-24/h2-10,25,38H,11-23H2,1H3. The number of methoxy groups -OCH3 is 1. The van der Waals surface area contributed by atoms with E-state index in [0.717, 1.165) is 61.7 Å². The van der Waals surface area contributed by atoms with E-state index < -0.39 is 11.8 Å². The Hall–Kier alpha value is -3.96. The number of aromatic hydroxyl groups is 1. The topological polar surface area (TPSA) is 95.6 Å². The third-order valence-corrected chi connectivity index (χ3v) is 8.81. The zero-order chi connectivity index (χ0) is 29.1. The van der Waals surface area contributed by atoms with Gasteiger partial charge >= 0.3 is 11.8 Å². The molecular formula is C31H40N6O5. The van der Waals surface area contributed by atoms with Crippen LogP contribution in [0.25, 0.3) is 0 Å². The molecule has 0 radical (unpaired) electrons. The van der Waals surface area contributed by atoms with Gasteiger partial charge in [-0.2, -0.15) is 0 Å². The number of ether oxygens (including phenoxy) is 1. The Bertz CT molecular complexity index is 1410. The molecule has 1 N–H and O–H groups in total. The molecule has 0 aliphatic carbocycles. The van der Waals surface area contributed by atoms with Crippen LogP contribution in [-0.4, -0.2) is 94.7 Å². The fourth-order valence-corrected chi connectivity index (χ4v) is 6.32. The molecule has 42 heavy (non-hydrogen) atoms. The number of nitrogens with zero attached hydrogens (tertiary/aromatic N) is 6. The van der Waals surface area contributed by atoms with Crippen LogP contribution in [0.15, 0.2) is 59.4 Å². The Labute approximate surface area is 246 Å². The molecule has 4 heterocycles. The highest BCUT2D eigenvalue weighted by molar-refractivity contribution is 5.68. The Morgan fingerprint density at radius 2 is 1.60 bits per heavy atom. The maximum absolute atomic E-state index is 13.1. The fraction of sp³-hybridized carbons (Fsp3) is 0.484. The van der Waals surface area contributed by atoms with Gasteiger partial charge in [-0.1, -0.05) is 35.1 Å². The summed E-state index contributed by atoms with van der Waals surface area (Å²) in [5, 5.41) is 10.9. The second-order valence-electron chi connectivity index (χ2n) is 11.5. The second-order valence-corrected chi connectivity index (χ2v) is 11.5. The van der Waals surface area contributed by atoms with Crippen LogP contribution in [0.3, 0.4) is 0 Å². The molecule has 11 nitrogen and oxygen atoms in total. The predicted octanol–water partition coefficient (Wildman–Crippen LogP) is 2.46. The lowest BCUT2D eigenvalue weighted by Gasteiger charge is -2.36. The molecule has 0 atom stereocenters. The number of benzene rings is 2. The quantitative estimate of drug-likeness (QED) is 0.459. The molecule has 2 saturated heterocycles. The number of carbonyl (C=O) groups excluding carboxylic acids is 1. The van der Waals surface area contributed by atoms with Crippen molar-refractivity contribution in [2.24, 2.45) is 5.92 Å². The highest BCUT2D eigenvalue weighted by atomic mass is 16.7. The minimum Gasteiger partial charge on any atom is -0.497 e. The van der Waals surface area contributed by atoms with Crippen LogP contribution < -0.4 is 20.2 Å². The normalized spacial score (nSPS) is 18.6. The first kappa shape index (κ1) is 28.2. The van der Waals surface area contributed by atoms with Gasteiger partial charge in [0.25, 0.3) is 5.88 Å².